The van der Waals surface area contributed by atoms with Crippen molar-refractivity contribution in [3.05, 3.63) is 41.2 Å². The Morgan fingerprint density at radius 2 is 2.00 bits per heavy atom. The molecule has 0 aliphatic rings. The highest BCUT2D eigenvalue weighted by molar-refractivity contribution is 6.30. The maximum Gasteiger partial charge on any atom is 0.152 e. The normalized spacial score (nSPS) is 10.1. The summed E-state index contributed by atoms with van der Waals surface area (Å²) in [5, 5.41) is 8.37. The molecule has 0 aliphatic carbocycles. The van der Waals surface area contributed by atoms with Gasteiger partial charge in [0, 0.05) is 10.6 Å². The fraction of sp³-hybridized carbons (Fsp3) is 0. The van der Waals surface area contributed by atoms with Crippen LogP contribution in [0.1, 0.15) is 10.4 Å². The number of hydrogen-bond acceptors (Lipinski definition) is 3. The molecule has 0 atom stereocenters. The van der Waals surface area contributed by atoms with Crippen LogP contribution in [0.25, 0.3) is 5.69 Å². The lowest BCUT2D eigenvalue weighted by atomic mass is 10.2. The van der Waals surface area contributed by atoms with E-state index in [0.717, 1.165) is 6.29 Å². The first-order valence-corrected chi connectivity index (χ1v) is 4.30. The molecule has 0 fully saturated rings. The minimum Gasteiger partial charge on any atom is -0.298 e. The van der Waals surface area contributed by atoms with Gasteiger partial charge in [-0.3, -0.25) is 4.79 Å². The largest absolute Gasteiger partial charge is 0.298 e. The molecule has 0 unspecified atom stereocenters. The van der Waals surface area contributed by atoms with Crippen molar-refractivity contribution in [2.45, 2.75) is 0 Å². The number of aromatic nitrogens is 3. The summed E-state index contributed by atoms with van der Waals surface area (Å²) in [7, 11) is 0. The van der Waals surface area contributed by atoms with Gasteiger partial charge in [-0.25, -0.2) is 0 Å². The molecule has 1 aromatic heterocycles. The minimum absolute atomic E-state index is 0.466. The van der Waals surface area contributed by atoms with Crippen LogP contribution >= 0.6 is 11.6 Å². The quantitative estimate of drug-likeness (QED) is 0.705. The van der Waals surface area contributed by atoms with Crippen LogP contribution in [0.2, 0.25) is 5.02 Å². The van der Waals surface area contributed by atoms with E-state index in [9.17, 15) is 4.79 Å². The highest BCUT2D eigenvalue weighted by Gasteiger charge is 2.05. The number of nitrogens with zero attached hydrogens (tertiary/aromatic N) is 3. The Hall–Kier alpha value is -1.68. The maximum absolute atomic E-state index is 10.7. The van der Waals surface area contributed by atoms with Gasteiger partial charge in [0.2, 0.25) is 0 Å². The number of halogens is 1. The fourth-order valence-electron chi connectivity index (χ4n) is 1.14. The first-order valence-electron chi connectivity index (χ1n) is 3.92. The molecule has 0 saturated heterocycles. The molecule has 2 aromatic rings. The average Bonchev–Trinajstić information content (AvgIpc) is 2.70. The van der Waals surface area contributed by atoms with Crippen molar-refractivity contribution in [3.8, 4) is 5.69 Å². The van der Waals surface area contributed by atoms with E-state index >= 15 is 0 Å². The highest BCUT2D eigenvalue weighted by atomic mass is 35.5. The summed E-state index contributed by atoms with van der Waals surface area (Å²) in [6.45, 7) is 0. The van der Waals surface area contributed by atoms with Crippen LogP contribution < -0.4 is 0 Å². The zero-order chi connectivity index (χ0) is 9.97. The van der Waals surface area contributed by atoms with Gasteiger partial charge in [0.05, 0.1) is 18.1 Å². The van der Waals surface area contributed by atoms with Crippen LogP contribution in [0.5, 0.6) is 0 Å². The summed E-state index contributed by atoms with van der Waals surface area (Å²) in [6, 6.07) is 4.96. The van der Waals surface area contributed by atoms with Crippen LogP contribution in [0.3, 0.4) is 0 Å². The van der Waals surface area contributed by atoms with E-state index in [-0.39, 0.29) is 0 Å². The molecule has 5 heteroatoms. The first-order chi connectivity index (χ1) is 6.81. The van der Waals surface area contributed by atoms with Gasteiger partial charge in [-0.1, -0.05) is 11.6 Å². The van der Waals surface area contributed by atoms with E-state index in [1.165, 1.54) is 4.80 Å². The van der Waals surface area contributed by atoms with Crippen molar-refractivity contribution in [2.75, 3.05) is 0 Å². The number of aldehydes is 1. The van der Waals surface area contributed by atoms with Crippen molar-refractivity contribution in [1.82, 2.24) is 15.0 Å². The molecule has 0 saturated carbocycles. The van der Waals surface area contributed by atoms with Crippen molar-refractivity contribution in [1.29, 1.82) is 0 Å². The lowest BCUT2D eigenvalue weighted by Crippen LogP contribution is -2.02. The molecule has 0 radical (unpaired) electrons. The zero-order valence-electron chi connectivity index (χ0n) is 7.09. The molecule has 2 rings (SSSR count). The van der Waals surface area contributed by atoms with Crippen molar-refractivity contribution >= 4 is 17.9 Å². The number of benzene rings is 1. The standard InChI is InChI=1S/C9H6ClN3O/c10-8-1-2-9(7(5-8)6-14)13-11-3-4-12-13/h1-6H. The van der Waals surface area contributed by atoms with Crippen LogP contribution in [0.4, 0.5) is 0 Å². The predicted octanol–water partition coefficient (Wildman–Crippen LogP) is 1.73. The lowest BCUT2D eigenvalue weighted by molar-refractivity contribution is 0.112. The first kappa shape index (κ1) is 8.90. The van der Waals surface area contributed by atoms with Crippen LogP contribution in [-0.2, 0) is 0 Å². The Bertz CT molecular complexity index is 453. The van der Waals surface area contributed by atoms with Gasteiger partial charge in [-0.15, -0.1) is 0 Å². The third-order valence-corrected chi connectivity index (χ3v) is 1.99. The van der Waals surface area contributed by atoms with Gasteiger partial charge in [-0.05, 0) is 18.2 Å². The second kappa shape index (κ2) is 3.59. The summed E-state index contributed by atoms with van der Waals surface area (Å²) in [5.74, 6) is 0. The summed E-state index contributed by atoms with van der Waals surface area (Å²) in [6.07, 6.45) is 3.82. The van der Waals surface area contributed by atoms with E-state index in [1.807, 2.05) is 0 Å². The van der Waals surface area contributed by atoms with Crippen LogP contribution in [-0.4, -0.2) is 21.3 Å². The molecule has 0 N–H and O–H groups in total. The molecule has 1 aromatic carbocycles. The maximum atomic E-state index is 10.7. The third-order valence-electron chi connectivity index (χ3n) is 1.75. The third kappa shape index (κ3) is 1.52. The fourth-order valence-corrected chi connectivity index (χ4v) is 1.32. The van der Waals surface area contributed by atoms with Gasteiger partial charge >= 0.3 is 0 Å². The molecule has 0 spiro atoms. The van der Waals surface area contributed by atoms with E-state index in [4.69, 9.17) is 11.6 Å². The zero-order valence-corrected chi connectivity index (χ0v) is 7.85. The number of carbonyl (C=O) groups is 1. The van der Waals surface area contributed by atoms with E-state index < -0.39 is 0 Å². The minimum atomic E-state index is 0.466. The topological polar surface area (TPSA) is 47.8 Å². The molecular weight excluding hydrogens is 202 g/mol. The van der Waals surface area contributed by atoms with E-state index in [2.05, 4.69) is 10.2 Å². The van der Waals surface area contributed by atoms with Gasteiger partial charge in [-0.2, -0.15) is 15.0 Å². The molecule has 0 amide bonds. The van der Waals surface area contributed by atoms with Crippen molar-refractivity contribution in [3.63, 3.8) is 0 Å². The van der Waals surface area contributed by atoms with E-state index in [0.29, 0.717) is 16.3 Å². The molecule has 70 valence electrons. The smallest absolute Gasteiger partial charge is 0.152 e. The molecular formula is C9H6ClN3O. The van der Waals surface area contributed by atoms with Crippen LogP contribution in [0, 0.1) is 0 Å². The molecule has 4 nitrogen and oxygen atoms in total. The summed E-state index contributed by atoms with van der Waals surface area (Å²) < 4.78 is 0. The predicted molar refractivity (Wildman–Crippen MR) is 51.8 cm³/mol. The Kier molecular flexibility index (Phi) is 2.28. The van der Waals surface area contributed by atoms with Gasteiger partial charge in [0.15, 0.2) is 6.29 Å². The van der Waals surface area contributed by atoms with Gasteiger partial charge in [0.1, 0.15) is 0 Å². The van der Waals surface area contributed by atoms with Gasteiger partial charge in [0.25, 0.3) is 0 Å². The van der Waals surface area contributed by atoms with Crippen molar-refractivity contribution in [2.24, 2.45) is 0 Å². The lowest BCUT2D eigenvalue weighted by Gasteiger charge is -2.02. The molecule has 0 aliphatic heterocycles. The average molecular weight is 208 g/mol. The molecule has 0 bridgehead atoms. The summed E-state index contributed by atoms with van der Waals surface area (Å²) in [5.41, 5.74) is 1.09. The van der Waals surface area contributed by atoms with E-state index in [1.54, 1.807) is 30.6 Å². The highest BCUT2D eigenvalue weighted by Crippen LogP contribution is 2.16. The summed E-state index contributed by atoms with van der Waals surface area (Å²) >= 11 is 5.75. The molecule has 1 heterocycles. The Morgan fingerprint density at radius 3 is 2.64 bits per heavy atom. The second-order valence-corrected chi connectivity index (χ2v) is 3.08. The Labute approximate surface area is 85.1 Å². The number of rotatable bonds is 2. The molecule has 14 heavy (non-hydrogen) atoms. The van der Waals surface area contributed by atoms with Crippen LogP contribution in [0.15, 0.2) is 30.6 Å². The summed E-state index contributed by atoms with van der Waals surface area (Å²) in [4.78, 5) is 12.1. The Morgan fingerprint density at radius 1 is 1.29 bits per heavy atom. The Balaban J connectivity index is 2.58. The second-order valence-electron chi connectivity index (χ2n) is 2.64. The van der Waals surface area contributed by atoms with Crippen molar-refractivity contribution < 1.29 is 4.79 Å². The van der Waals surface area contributed by atoms with Gasteiger partial charge < -0.3 is 0 Å². The number of hydrogen-bond donors (Lipinski definition) is 0. The SMILES string of the molecule is O=Cc1cc(Cl)ccc1-n1nccn1. The monoisotopic (exact) mass is 207 g/mol. The number of carbonyl (C=O) groups excluding carboxylic acids is 1.